The standard InChI is InChI=1S/C15H19ClN2O2/c1-2-3-6-20-15(19)10-18-9-11(8-17)13-5-4-12(16)7-14(13)18/h4-5,7,9H,2-3,6,8,10,17H2,1H3. The second-order valence-corrected chi connectivity index (χ2v) is 5.16. The average Bonchev–Trinajstić information content (AvgIpc) is 2.76. The highest BCUT2D eigenvalue weighted by molar-refractivity contribution is 6.31. The number of nitrogens with two attached hydrogens (primary N) is 1. The van der Waals surface area contributed by atoms with Crippen molar-refractivity contribution in [2.45, 2.75) is 32.9 Å². The van der Waals surface area contributed by atoms with E-state index < -0.39 is 0 Å². The summed E-state index contributed by atoms with van der Waals surface area (Å²) in [5.74, 6) is -0.237. The number of ether oxygens (including phenoxy) is 1. The van der Waals surface area contributed by atoms with Gasteiger partial charge in [-0.2, -0.15) is 0 Å². The maximum absolute atomic E-state index is 11.8. The van der Waals surface area contributed by atoms with Gasteiger partial charge in [-0.05, 0) is 24.1 Å². The molecular weight excluding hydrogens is 276 g/mol. The third kappa shape index (κ3) is 3.32. The number of esters is 1. The molecule has 2 N–H and O–H groups in total. The van der Waals surface area contributed by atoms with E-state index >= 15 is 0 Å². The highest BCUT2D eigenvalue weighted by Gasteiger charge is 2.11. The van der Waals surface area contributed by atoms with E-state index in [1.165, 1.54) is 0 Å². The number of rotatable bonds is 6. The van der Waals surface area contributed by atoms with Gasteiger partial charge in [0, 0.05) is 23.2 Å². The molecule has 4 nitrogen and oxygen atoms in total. The Bertz CT molecular complexity index is 607. The SMILES string of the molecule is CCCCOC(=O)Cn1cc(CN)c2ccc(Cl)cc21. The quantitative estimate of drug-likeness (QED) is 0.658. The summed E-state index contributed by atoms with van der Waals surface area (Å²) in [7, 11) is 0. The Kier molecular flexibility index (Phi) is 5.04. The van der Waals surface area contributed by atoms with E-state index in [2.05, 4.69) is 6.92 Å². The topological polar surface area (TPSA) is 57.2 Å². The molecule has 0 saturated carbocycles. The van der Waals surface area contributed by atoms with Gasteiger partial charge >= 0.3 is 5.97 Å². The van der Waals surface area contributed by atoms with Crippen molar-refractivity contribution >= 4 is 28.5 Å². The number of carbonyl (C=O) groups is 1. The fraction of sp³-hybridized carbons (Fsp3) is 0.400. The minimum Gasteiger partial charge on any atom is -0.464 e. The molecular formula is C15H19ClN2O2. The van der Waals surface area contributed by atoms with Gasteiger partial charge in [0.2, 0.25) is 0 Å². The molecule has 5 heteroatoms. The van der Waals surface area contributed by atoms with E-state index in [-0.39, 0.29) is 12.5 Å². The molecule has 1 aromatic carbocycles. The van der Waals surface area contributed by atoms with Gasteiger partial charge in [-0.1, -0.05) is 31.0 Å². The number of nitrogens with zero attached hydrogens (tertiary/aromatic N) is 1. The van der Waals surface area contributed by atoms with Gasteiger partial charge in [-0.25, -0.2) is 0 Å². The van der Waals surface area contributed by atoms with Crippen LogP contribution in [0.1, 0.15) is 25.3 Å². The monoisotopic (exact) mass is 294 g/mol. The predicted octanol–water partition coefficient (Wildman–Crippen LogP) is 3.10. The lowest BCUT2D eigenvalue weighted by Gasteiger charge is -2.06. The molecule has 0 aliphatic heterocycles. The molecule has 0 bridgehead atoms. The first-order chi connectivity index (χ1) is 9.65. The molecule has 2 rings (SSSR count). The molecule has 1 aromatic heterocycles. The highest BCUT2D eigenvalue weighted by atomic mass is 35.5. The van der Waals surface area contributed by atoms with Crippen LogP contribution in [0.3, 0.4) is 0 Å². The van der Waals surface area contributed by atoms with Crippen molar-refractivity contribution in [1.29, 1.82) is 0 Å². The Labute approximate surface area is 123 Å². The number of carbonyl (C=O) groups excluding carboxylic acids is 1. The molecule has 0 amide bonds. The van der Waals surface area contributed by atoms with Crippen LogP contribution >= 0.6 is 11.6 Å². The van der Waals surface area contributed by atoms with Gasteiger partial charge in [0.1, 0.15) is 6.54 Å². The minimum atomic E-state index is -0.237. The lowest BCUT2D eigenvalue weighted by molar-refractivity contribution is -0.144. The number of unbranched alkanes of at least 4 members (excludes halogenated alkanes) is 1. The van der Waals surface area contributed by atoms with Crippen LogP contribution < -0.4 is 5.73 Å². The first kappa shape index (κ1) is 14.9. The number of fused-ring (bicyclic) bond motifs is 1. The summed E-state index contributed by atoms with van der Waals surface area (Å²) in [6, 6.07) is 5.60. The van der Waals surface area contributed by atoms with Crippen LogP contribution in [0.4, 0.5) is 0 Å². The molecule has 0 unspecified atom stereocenters. The molecule has 1 heterocycles. The number of hydrogen-bond donors (Lipinski definition) is 1. The number of aromatic nitrogens is 1. The van der Waals surface area contributed by atoms with Crippen LogP contribution in [0.2, 0.25) is 5.02 Å². The Morgan fingerprint density at radius 2 is 2.25 bits per heavy atom. The van der Waals surface area contributed by atoms with E-state index in [9.17, 15) is 4.79 Å². The summed E-state index contributed by atoms with van der Waals surface area (Å²) >= 11 is 6.02. The molecule has 0 radical (unpaired) electrons. The fourth-order valence-electron chi connectivity index (χ4n) is 2.15. The molecule has 0 aliphatic rings. The van der Waals surface area contributed by atoms with Crippen LogP contribution in [0.15, 0.2) is 24.4 Å². The largest absolute Gasteiger partial charge is 0.464 e. The molecule has 0 saturated heterocycles. The van der Waals surface area contributed by atoms with Crippen molar-refractivity contribution in [2.24, 2.45) is 5.73 Å². The Morgan fingerprint density at radius 3 is 2.95 bits per heavy atom. The van der Waals surface area contributed by atoms with Crippen molar-refractivity contribution in [3.05, 3.63) is 35.0 Å². The van der Waals surface area contributed by atoms with Crippen molar-refractivity contribution in [3.63, 3.8) is 0 Å². The molecule has 0 atom stereocenters. The molecule has 0 spiro atoms. The molecule has 0 fully saturated rings. The van der Waals surface area contributed by atoms with E-state index in [1.807, 2.05) is 29.0 Å². The van der Waals surface area contributed by atoms with E-state index in [4.69, 9.17) is 22.1 Å². The zero-order valence-corrected chi connectivity index (χ0v) is 12.3. The van der Waals surface area contributed by atoms with Gasteiger partial charge < -0.3 is 15.0 Å². The third-order valence-electron chi connectivity index (χ3n) is 3.21. The van der Waals surface area contributed by atoms with E-state index in [0.29, 0.717) is 18.2 Å². The first-order valence-corrected chi connectivity index (χ1v) is 7.16. The lowest BCUT2D eigenvalue weighted by Crippen LogP contribution is -2.13. The number of benzene rings is 1. The van der Waals surface area contributed by atoms with Crippen LogP contribution in [-0.2, 0) is 22.6 Å². The number of hydrogen-bond acceptors (Lipinski definition) is 3. The van der Waals surface area contributed by atoms with Gasteiger partial charge in [0.25, 0.3) is 0 Å². The lowest BCUT2D eigenvalue weighted by atomic mass is 10.2. The molecule has 0 aliphatic carbocycles. The Morgan fingerprint density at radius 1 is 1.45 bits per heavy atom. The van der Waals surface area contributed by atoms with Crippen LogP contribution in [0.5, 0.6) is 0 Å². The summed E-state index contributed by atoms with van der Waals surface area (Å²) in [5, 5.41) is 1.66. The Balaban J connectivity index is 2.21. The smallest absolute Gasteiger partial charge is 0.325 e. The van der Waals surface area contributed by atoms with Gasteiger partial charge in [0.05, 0.1) is 12.1 Å². The van der Waals surface area contributed by atoms with E-state index in [1.54, 1.807) is 0 Å². The molecule has 2 aromatic rings. The molecule has 20 heavy (non-hydrogen) atoms. The third-order valence-corrected chi connectivity index (χ3v) is 3.44. The van der Waals surface area contributed by atoms with Gasteiger partial charge in [-0.15, -0.1) is 0 Å². The van der Waals surface area contributed by atoms with E-state index in [0.717, 1.165) is 29.3 Å². The minimum absolute atomic E-state index is 0.181. The van der Waals surface area contributed by atoms with Gasteiger partial charge in [0.15, 0.2) is 0 Å². The maximum atomic E-state index is 11.8. The summed E-state index contributed by atoms with van der Waals surface area (Å²) in [4.78, 5) is 11.8. The summed E-state index contributed by atoms with van der Waals surface area (Å²) < 4.78 is 7.03. The summed E-state index contributed by atoms with van der Waals surface area (Å²) in [5.41, 5.74) is 7.64. The van der Waals surface area contributed by atoms with Crippen molar-refractivity contribution in [3.8, 4) is 0 Å². The average molecular weight is 295 g/mol. The highest BCUT2D eigenvalue weighted by Crippen LogP contribution is 2.24. The van der Waals surface area contributed by atoms with Crippen molar-refractivity contribution in [2.75, 3.05) is 6.61 Å². The second kappa shape index (κ2) is 6.77. The summed E-state index contributed by atoms with van der Waals surface area (Å²) in [6.07, 6.45) is 3.78. The zero-order chi connectivity index (χ0) is 14.5. The predicted molar refractivity (Wildman–Crippen MR) is 80.7 cm³/mol. The summed E-state index contributed by atoms with van der Waals surface area (Å²) in [6.45, 7) is 3.14. The van der Waals surface area contributed by atoms with Crippen LogP contribution in [-0.4, -0.2) is 17.1 Å². The first-order valence-electron chi connectivity index (χ1n) is 6.78. The van der Waals surface area contributed by atoms with Crippen molar-refractivity contribution < 1.29 is 9.53 Å². The van der Waals surface area contributed by atoms with Gasteiger partial charge in [-0.3, -0.25) is 4.79 Å². The number of halogens is 1. The second-order valence-electron chi connectivity index (χ2n) is 4.72. The van der Waals surface area contributed by atoms with Crippen LogP contribution in [0.25, 0.3) is 10.9 Å². The zero-order valence-electron chi connectivity index (χ0n) is 11.6. The maximum Gasteiger partial charge on any atom is 0.325 e. The normalized spacial score (nSPS) is 10.9. The Hall–Kier alpha value is -1.52. The fourth-order valence-corrected chi connectivity index (χ4v) is 2.32. The van der Waals surface area contributed by atoms with Crippen LogP contribution in [0, 0.1) is 0 Å². The molecule has 108 valence electrons. The van der Waals surface area contributed by atoms with Crippen molar-refractivity contribution in [1.82, 2.24) is 4.57 Å².